The van der Waals surface area contributed by atoms with Crippen molar-refractivity contribution in [1.82, 2.24) is 5.43 Å². The zero-order chi connectivity index (χ0) is 15.9. The third-order valence-corrected chi connectivity index (χ3v) is 3.29. The highest BCUT2D eigenvalue weighted by molar-refractivity contribution is 9.10. The quantitative estimate of drug-likeness (QED) is 0.634. The Kier molecular flexibility index (Phi) is 5.55. The minimum absolute atomic E-state index is 0.0785. The largest absolute Gasteiger partial charge is 0.507 e. The number of rotatable bonds is 5. The number of hydrogen-bond acceptors (Lipinski definition) is 4. The molecule has 0 saturated carbocycles. The number of para-hydroxylation sites is 1. The van der Waals surface area contributed by atoms with E-state index < -0.39 is 6.10 Å². The van der Waals surface area contributed by atoms with E-state index in [1.165, 1.54) is 12.3 Å². The van der Waals surface area contributed by atoms with Crippen LogP contribution < -0.4 is 10.2 Å². The molecule has 0 fully saturated rings. The number of nitrogens with zero attached hydrogens (tertiary/aromatic N) is 1. The molecule has 5 nitrogen and oxygen atoms in total. The van der Waals surface area contributed by atoms with E-state index in [9.17, 15) is 9.90 Å². The van der Waals surface area contributed by atoms with Crippen molar-refractivity contribution in [3.63, 3.8) is 0 Å². The zero-order valence-electron chi connectivity index (χ0n) is 11.9. The van der Waals surface area contributed by atoms with Crippen molar-refractivity contribution in [1.29, 1.82) is 0 Å². The molecule has 0 aliphatic rings. The van der Waals surface area contributed by atoms with Gasteiger partial charge >= 0.3 is 0 Å². The molecule has 0 unspecified atom stereocenters. The number of benzene rings is 2. The Morgan fingerprint density at radius 3 is 2.77 bits per heavy atom. The number of ether oxygens (including phenoxy) is 1. The maximum Gasteiger partial charge on any atom is 0.280 e. The lowest BCUT2D eigenvalue weighted by molar-refractivity contribution is -0.127. The molecular formula is C16H15BrN2O3. The molecule has 0 aliphatic heterocycles. The van der Waals surface area contributed by atoms with Gasteiger partial charge in [0, 0.05) is 10.0 Å². The third-order valence-electron chi connectivity index (χ3n) is 2.79. The van der Waals surface area contributed by atoms with Crippen LogP contribution in [0.4, 0.5) is 0 Å². The highest BCUT2D eigenvalue weighted by Crippen LogP contribution is 2.19. The lowest BCUT2D eigenvalue weighted by Gasteiger charge is -2.12. The van der Waals surface area contributed by atoms with Crippen molar-refractivity contribution in [2.24, 2.45) is 5.10 Å². The molecule has 6 heteroatoms. The minimum Gasteiger partial charge on any atom is -0.507 e. The number of hydrazone groups is 1. The number of amides is 1. The normalized spacial score (nSPS) is 12.1. The van der Waals surface area contributed by atoms with Crippen molar-refractivity contribution in [2.45, 2.75) is 13.0 Å². The second kappa shape index (κ2) is 7.61. The Hall–Kier alpha value is -2.34. The van der Waals surface area contributed by atoms with E-state index >= 15 is 0 Å². The van der Waals surface area contributed by atoms with Gasteiger partial charge in [-0.1, -0.05) is 34.1 Å². The van der Waals surface area contributed by atoms with E-state index in [0.29, 0.717) is 11.3 Å². The maximum absolute atomic E-state index is 11.9. The summed E-state index contributed by atoms with van der Waals surface area (Å²) in [7, 11) is 0. The summed E-state index contributed by atoms with van der Waals surface area (Å²) in [6.45, 7) is 1.63. The van der Waals surface area contributed by atoms with Gasteiger partial charge in [0.05, 0.1) is 6.21 Å². The van der Waals surface area contributed by atoms with Crippen LogP contribution in [0.3, 0.4) is 0 Å². The molecular weight excluding hydrogens is 348 g/mol. The fourth-order valence-electron chi connectivity index (χ4n) is 1.64. The molecule has 0 aliphatic carbocycles. The van der Waals surface area contributed by atoms with E-state index in [1.54, 1.807) is 31.2 Å². The fraction of sp³-hybridized carbons (Fsp3) is 0.125. The summed E-state index contributed by atoms with van der Waals surface area (Å²) in [5.74, 6) is 0.308. The molecule has 1 atom stereocenters. The highest BCUT2D eigenvalue weighted by Gasteiger charge is 2.13. The van der Waals surface area contributed by atoms with Gasteiger partial charge in [-0.15, -0.1) is 0 Å². The number of hydrogen-bond donors (Lipinski definition) is 2. The average molecular weight is 363 g/mol. The van der Waals surface area contributed by atoms with Gasteiger partial charge in [-0.2, -0.15) is 5.10 Å². The summed E-state index contributed by atoms with van der Waals surface area (Å²) in [4.78, 5) is 11.9. The molecule has 22 heavy (non-hydrogen) atoms. The Morgan fingerprint density at radius 1 is 1.32 bits per heavy atom. The van der Waals surface area contributed by atoms with Crippen LogP contribution in [-0.2, 0) is 4.79 Å². The SMILES string of the molecule is C[C@@H](Oc1ccccc1)C(=O)N/N=C/c1cc(Br)ccc1O. The Labute approximate surface area is 136 Å². The van der Waals surface area contributed by atoms with Gasteiger partial charge in [0.15, 0.2) is 6.10 Å². The molecule has 0 heterocycles. The molecule has 114 valence electrons. The summed E-state index contributed by atoms with van der Waals surface area (Å²) < 4.78 is 6.28. The van der Waals surface area contributed by atoms with Gasteiger partial charge in [-0.3, -0.25) is 4.79 Å². The van der Waals surface area contributed by atoms with Gasteiger partial charge in [0.25, 0.3) is 5.91 Å². The molecule has 0 bridgehead atoms. The smallest absolute Gasteiger partial charge is 0.280 e. The summed E-state index contributed by atoms with van der Waals surface area (Å²) in [5.41, 5.74) is 2.87. The van der Waals surface area contributed by atoms with Crippen LogP contribution in [0.1, 0.15) is 12.5 Å². The molecule has 2 rings (SSSR count). The second-order valence-corrected chi connectivity index (χ2v) is 5.43. The number of aromatic hydroxyl groups is 1. The van der Waals surface area contributed by atoms with Crippen molar-refractivity contribution in [2.75, 3.05) is 0 Å². The standard InChI is InChI=1S/C16H15BrN2O3/c1-11(22-14-5-3-2-4-6-14)16(21)19-18-10-12-9-13(17)7-8-15(12)20/h2-11,20H,1H3,(H,19,21)/b18-10+/t11-/m1/s1. The summed E-state index contributed by atoms with van der Waals surface area (Å²) >= 11 is 3.30. The van der Waals surface area contributed by atoms with E-state index in [1.807, 2.05) is 18.2 Å². The number of carbonyl (C=O) groups is 1. The number of carbonyl (C=O) groups excluding carboxylic acids is 1. The van der Waals surface area contributed by atoms with E-state index in [2.05, 4.69) is 26.5 Å². The lowest BCUT2D eigenvalue weighted by Crippen LogP contribution is -2.33. The van der Waals surface area contributed by atoms with E-state index in [0.717, 1.165) is 4.47 Å². The number of halogens is 1. The van der Waals surface area contributed by atoms with Crippen LogP contribution in [0.15, 0.2) is 58.1 Å². The summed E-state index contributed by atoms with van der Waals surface area (Å²) in [5, 5.41) is 13.5. The number of nitrogens with one attached hydrogen (secondary N) is 1. The van der Waals surface area contributed by atoms with Crippen LogP contribution >= 0.6 is 15.9 Å². The molecule has 2 N–H and O–H groups in total. The van der Waals surface area contributed by atoms with Crippen LogP contribution in [0.2, 0.25) is 0 Å². The van der Waals surface area contributed by atoms with Gasteiger partial charge in [-0.25, -0.2) is 5.43 Å². The van der Waals surface area contributed by atoms with Crippen molar-refractivity contribution >= 4 is 28.1 Å². The predicted molar refractivity (Wildman–Crippen MR) is 88.1 cm³/mol. The molecule has 2 aromatic rings. The van der Waals surface area contributed by atoms with Crippen LogP contribution in [0.25, 0.3) is 0 Å². The average Bonchev–Trinajstić information content (AvgIpc) is 2.51. The highest BCUT2D eigenvalue weighted by atomic mass is 79.9. The monoisotopic (exact) mass is 362 g/mol. The Morgan fingerprint density at radius 2 is 2.05 bits per heavy atom. The molecule has 2 aromatic carbocycles. The first-order valence-corrected chi connectivity index (χ1v) is 7.38. The van der Waals surface area contributed by atoms with Gasteiger partial charge in [-0.05, 0) is 37.3 Å². The van der Waals surface area contributed by atoms with Gasteiger partial charge < -0.3 is 9.84 Å². The Bertz CT molecular complexity index is 674. The van der Waals surface area contributed by atoms with E-state index in [-0.39, 0.29) is 11.7 Å². The maximum atomic E-state index is 11.9. The molecule has 0 saturated heterocycles. The summed E-state index contributed by atoms with van der Waals surface area (Å²) in [6, 6.07) is 14.0. The summed E-state index contributed by atoms with van der Waals surface area (Å²) in [6.07, 6.45) is 0.684. The van der Waals surface area contributed by atoms with Crippen molar-refractivity contribution in [3.05, 3.63) is 58.6 Å². The molecule has 0 aromatic heterocycles. The van der Waals surface area contributed by atoms with Crippen LogP contribution in [0, 0.1) is 0 Å². The first-order valence-electron chi connectivity index (χ1n) is 6.59. The van der Waals surface area contributed by atoms with Crippen molar-refractivity contribution < 1.29 is 14.6 Å². The minimum atomic E-state index is -0.685. The van der Waals surface area contributed by atoms with Crippen LogP contribution in [0.5, 0.6) is 11.5 Å². The zero-order valence-corrected chi connectivity index (χ0v) is 13.4. The van der Waals surface area contributed by atoms with Gasteiger partial charge in [0.2, 0.25) is 0 Å². The van der Waals surface area contributed by atoms with E-state index in [4.69, 9.17) is 4.74 Å². The molecule has 0 radical (unpaired) electrons. The molecule has 1 amide bonds. The number of phenols is 1. The fourth-order valence-corrected chi connectivity index (χ4v) is 2.02. The van der Waals surface area contributed by atoms with Gasteiger partial charge in [0.1, 0.15) is 11.5 Å². The second-order valence-electron chi connectivity index (χ2n) is 4.51. The lowest BCUT2D eigenvalue weighted by atomic mass is 10.2. The first-order chi connectivity index (χ1) is 10.6. The van der Waals surface area contributed by atoms with Crippen molar-refractivity contribution in [3.8, 4) is 11.5 Å². The van der Waals surface area contributed by atoms with Crippen LogP contribution in [-0.4, -0.2) is 23.3 Å². The topological polar surface area (TPSA) is 70.9 Å². The Balaban J connectivity index is 1.91. The first kappa shape index (κ1) is 16.0. The molecule has 0 spiro atoms. The number of phenolic OH excluding ortho intramolecular Hbond substituents is 1. The predicted octanol–water partition coefficient (Wildman–Crippen LogP) is 3.07. The third kappa shape index (κ3) is 4.60.